The number of fused-ring (bicyclic) bond motifs is 5. The second kappa shape index (κ2) is 19.2. The van der Waals surface area contributed by atoms with Gasteiger partial charge in [0.2, 0.25) is 5.79 Å². The molecule has 0 unspecified atom stereocenters. The average Bonchev–Trinajstić information content (AvgIpc) is 3.66. The lowest BCUT2D eigenvalue weighted by Crippen LogP contribution is -2.71. The van der Waals surface area contributed by atoms with Crippen molar-refractivity contribution in [3.05, 3.63) is 0 Å². The molecule has 7 rings (SSSR count). The molecule has 25 atom stereocenters. The second-order valence-electron chi connectivity index (χ2n) is 21.2. The van der Waals surface area contributed by atoms with E-state index in [0.29, 0.717) is 38.5 Å². The van der Waals surface area contributed by atoms with Crippen molar-refractivity contribution in [2.75, 3.05) is 19.8 Å². The molecule has 7 aliphatic rings. The van der Waals surface area contributed by atoms with E-state index in [-0.39, 0.29) is 5.92 Å². The fraction of sp³-hybridized carbons (Fsp3) is 0.872. The first-order chi connectivity index (χ1) is 30.9. The lowest BCUT2D eigenvalue weighted by molar-refractivity contribution is -0.380. The number of hydrogen-bond acceptors (Lipinski definition) is 19. The smallest absolute Gasteiger partial charge is 0.223 e. The molecular formula is C47H70O19. The highest BCUT2D eigenvalue weighted by molar-refractivity contribution is 5.33. The monoisotopic (exact) mass is 938 g/mol. The summed E-state index contributed by atoms with van der Waals surface area (Å²) in [5, 5.41) is 131. The highest BCUT2D eigenvalue weighted by Crippen LogP contribution is 2.76. The Bertz CT molecular complexity index is 1890. The van der Waals surface area contributed by atoms with Gasteiger partial charge in [-0.15, -0.1) is 6.42 Å². The van der Waals surface area contributed by atoms with Gasteiger partial charge in [0.1, 0.15) is 73.3 Å². The molecule has 4 saturated carbocycles. The third-order valence-electron chi connectivity index (χ3n) is 17.5. The summed E-state index contributed by atoms with van der Waals surface area (Å²) in [4.78, 5) is 0. The van der Waals surface area contributed by atoms with Crippen LogP contribution in [0.2, 0.25) is 0 Å². The first kappa shape index (κ1) is 51.6. The lowest BCUT2D eigenvalue weighted by Gasteiger charge is -2.72. The van der Waals surface area contributed by atoms with Crippen molar-refractivity contribution in [1.29, 1.82) is 0 Å². The van der Waals surface area contributed by atoms with Crippen molar-refractivity contribution in [2.45, 2.75) is 190 Å². The summed E-state index contributed by atoms with van der Waals surface area (Å²) in [7, 11) is 0. The Morgan fingerprint density at radius 2 is 1.32 bits per heavy atom. The Morgan fingerprint density at radius 1 is 0.682 bits per heavy atom. The predicted molar refractivity (Wildman–Crippen MR) is 226 cm³/mol. The molecule has 19 heteroatoms. The maximum atomic E-state index is 12.6. The molecule has 19 nitrogen and oxygen atoms in total. The highest BCUT2D eigenvalue weighted by Gasteiger charge is 2.74. The Morgan fingerprint density at radius 3 is 1.97 bits per heavy atom. The van der Waals surface area contributed by atoms with Crippen LogP contribution >= 0.6 is 0 Å². The van der Waals surface area contributed by atoms with Gasteiger partial charge in [0.25, 0.3) is 0 Å². The van der Waals surface area contributed by atoms with Crippen LogP contribution in [0.25, 0.3) is 0 Å². The van der Waals surface area contributed by atoms with Crippen molar-refractivity contribution in [3.63, 3.8) is 0 Å². The van der Waals surface area contributed by atoms with Gasteiger partial charge in [0, 0.05) is 24.7 Å². The minimum Gasteiger partial charge on any atom is -0.411 e. The van der Waals surface area contributed by atoms with Crippen LogP contribution in [0, 0.1) is 81.5 Å². The van der Waals surface area contributed by atoms with Gasteiger partial charge < -0.3 is 94.4 Å². The van der Waals surface area contributed by atoms with Crippen LogP contribution in [-0.4, -0.2) is 191 Å². The summed E-state index contributed by atoms with van der Waals surface area (Å²) in [6.07, 6.45) is -14.6. The minimum atomic E-state index is -1.79. The molecule has 0 aromatic carbocycles. The molecule has 372 valence electrons. The first-order valence-electron chi connectivity index (χ1n) is 23.0. The summed E-state index contributed by atoms with van der Waals surface area (Å²) < 4.78 is 43.3. The third-order valence-corrected chi connectivity index (χ3v) is 17.5. The van der Waals surface area contributed by atoms with Crippen LogP contribution in [0.4, 0.5) is 0 Å². The van der Waals surface area contributed by atoms with Crippen LogP contribution in [-0.2, 0) is 33.2 Å². The Hall–Kier alpha value is -2.24. The fourth-order valence-electron chi connectivity index (χ4n) is 13.9. The fourth-order valence-corrected chi connectivity index (χ4v) is 13.9. The van der Waals surface area contributed by atoms with Gasteiger partial charge in [-0.05, 0) is 89.8 Å². The highest BCUT2D eigenvalue weighted by atomic mass is 16.8. The summed E-state index contributed by atoms with van der Waals surface area (Å²) in [6.45, 7) is 10.1. The molecule has 4 aliphatic carbocycles. The van der Waals surface area contributed by atoms with Crippen LogP contribution < -0.4 is 0 Å². The van der Waals surface area contributed by atoms with E-state index in [9.17, 15) is 61.3 Å². The molecule has 7 fully saturated rings. The zero-order chi connectivity index (χ0) is 48.5. The van der Waals surface area contributed by atoms with Crippen molar-refractivity contribution >= 4 is 0 Å². The zero-order valence-electron chi connectivity index (χ0n) is 38.3. The van der Waals surface area contributed by atoms with Crippen molar-refractivity contribution in [3.8, 4) is 36.2 Å². The molecule has 12 N–H and O–H groups in total. The van der Waals surface area contributed by atoms with Crippen LogP contribution in [0.3, 0.4) is 0 Å². The molecule has 0 amide bonds. The van der Waals surface area contributed by atoms with E-state index in [0.717, 1.165) is 0 Å². The summed E-state index contributed by atoms with van der Waals surface area (Å²) in [6, 6.07) is 0. The average molecular weight is 939 g/mol. The molecular weight excluding hydrogens is 868 g/mol. The summed E-state index contributed by atoms with van der Waals surface area (Å²) in [5.41, 5.74) is -2.87. The first-order valence-corrected chi connectivity index (χ1v) is 23.0. The minimum absolute atomic E-state index is 0.176. The SMILES string of the molecule is C#CC#CC#CO[C@](C)(O[C@@H]1O[C@H](CO)[C@@H](O)[C@H](O)[C@H]1O)[C@H]1CC[C@]2(C)[C@@H]1[C@H](O)C[C@@H]1[C@@]3(C)CC[C@@H](O)C(C)(C)[C@H]3[C@H](O[C@@H]3O[C@H](CO)[C@@H](O)[C@H](O)[C@H]3O[C@@H]3OC[C@@H](O)[C@H](O)[C@H]3O)C[C@]12C. The zero-order valence-corrected chi connectivity index (χ0v) is 38.3. The van der Waals surface area contributed by atoms with Crippen LogP contribution in [0.1, 0.15) is 80.1 Å². The van der Waals surface area contributed by atoms with Crippen molar-refractivity contribution in [1.82, 2.24) is 0 Å². The molecule has 66 heavy (non-hydrogen) atoms. The van der Waals surface area contributed by atoms with Crippen LogP contribution in [0.15, 0.2) is 0 Å². The van der Waals surface area contributed by atoms with Crippen molar-refractivity contribution in [2.24, 2.45) is 45.3 Å². The topological polar surface area (TPSA) is 307 Å². The third kappa shape index (κ3) is 8.50. The second-order valence-corrected chi connectivity index (χ2v) is 21.2. The van der Waals surface area contributed by atoms with Gasteiger partial charge >= 0.3 is 0 Å². The molecule has 0 radical (unpaired) electrons. The number of hydrogen-bond donors (Lipinski definition) is 12. The molecule has 3 aliphatic heterocycles. The van der Waals surface area contributed by atoms with Gasteiger partial charge in [-0.3, -0.25) is 0 Å². The molecule has 3 saturated heterocycles. The van der Waals surface area contributed by atoms with Gasteiger partial charge in [-0.1, -0.05) is 34.6 Å². The largest absolute Gasteiger partial charge is 0.411 e. The normalized spacial score (nSPS) is 51.8. The lowest BCUT2D eigenvalue weighted by atomic mass is 9.34. The van der Waals surface area contributed by atoms with Crippen molar-refractivity contribution < 1.29 is 94.4 Å². The number of terminal acetylenes is 1. The predicted octanol–water partition coefficient (Wildman–Crippen LogP) is -2.59. The summed E-state index contributed by atoms with van der Waals surface area (Å²) in [5.74, 6) is 5.90. The van der Waals surface area contributed by atoms with Gasteiger partial charge in [0.15, 0.2) is 18.9 Å². The standard InChI is InChI=1S/C47H70O19/c1-8-9-10-11-16-61-47(7,66-41-37(59)34(56)32(54)26(19-48)63-41)22-12-15-45(5)30(22)23(50)17-28-44(4)14-13-29(52)43(2,3)39(44)25(18-46(28,45)6)62-42-38(35(57)33(55)27(20-49)64-42)65-40-36(58)31(53)24(51)21-60-40/h1,22-42,48-59H,12-15,17-21H2,2-7H3/t22-,23+,24+,25+,26+,27+,28+,29+,30-,31-,32+,33+,34-,35-,36+,37+,38+,39+,40-,41-,42+,44+,45+,46+,47+/m0/s1. The molecule has 0 aromatic heterocycles. The Labute approximate surface area is 385 Å². The Balaban J connectivity index is 1.27. The quantitative estimate of drug-likeness (QED) is 0.0608. The van der Waals surface area contributed by atoms with E-state index in [1.54, 1.807) is 6.92 Å². The van der Waals surface area contributed by atoms with E-state index in [2.05, 4.69) is 50.6 Å². The van der Waals surface area contributed by atoms with E-state index in [1.807, 2.05) is 13.8 Å². The Kier molecular flexibility index (Phi) is 15.0. The summed E-state index contributed by atoms with van der Waals surface area (Å²) >= 11 is 0. The van der Waals surface area contributed by atoms with Gasteiger partial charge in [0.05, 0.1) is 38.1 Å². The molecule has 0 bridgehead atoms. The van der Waals surface area contributed by atoms with E-state index in [4.69, 9.17) is 39.6 Å². The number of aliphatic hydroxyl groups is 12. The van der Waals surface area contributed by atoms with Gasteiger partial charge in [-0.25, -0.2) is 0 Å². The van der Waals surface area contributed by atoms with E-state index < -0.39 is 169 Å². The van der Waals surface area contributed by atoms with E-state index >= 15 is 0 Å². The van der Waals surface area contributed by atoms with Crippen LogP contribution in [0.5, 0.6) is 0 Å². The molecule has 0 aromatic rings. The number of rotatable bonds is 10. The molecule has 0 spiro atoms. The maximum absolute atomic E-state index is 12.6. The number of ether oxygens (including phenoxy) is 7. The number of aliphatic hydroxyl groups excluding tert-OH is 12. The molecule has 3 heterocycles. The van der Waals surface area contributed by atoms with Gasteiger partial charge in [-0.2, -0.15) is 0 Å². The maximum Gasteiger partial charge on any atom is 0.223 e. The van der Waals surface area contributed by atoms with E-state index in [1.165, 1.54) is 0 Å².